The second kappa shape index (κ2) is 2.28. The number of rotatable bonds is 0. The maximum atomic E-state index is 5.52. The molecule has 2 heterocycles. The minimum absolute atomic E-state index is 0.839. The summed E-state index contributed by atoms with van der Waals surface area (Å²) in [4.78, 5) is 0. The predicted molar refractivity (Wildman–Crippen MR) is 52.1 cm³/mol. The van der Waals surface area contributed by atoms with Crippen molar-refractivity contribution in [3.05, 3.63) is 30.0 Å². The fraction of sp³-hybridized carbons (Fsp3) is 0.273. The van der Waals surface area contributed by atoms with Gasteiger partial charge in [-0.3, -0.25) is 0 Å². The average molecular weight is 173 g/mol. The van der Waals surface area contributed by atoms with Gasteiger partial charge in [0, 0.05) is 31.1 Å². The molecule has 1 aliphatic rings. The molecule has 13 heavy (non-hydrogen) atoms. The zero-order chi connectivity index (χ0) is 8.84. The van der Waals surface area contributed by atoms with Crippen LogP contribution in [0.3, 0.4) is 0 Å². The van der Waals surface area contributed by atoms with E-state index in [1.165, 1.54) is 16.5 Å². The van der Waals surface area contributed by atoms with Gasteiger partial charge in [-0.15, -0.1) is 0 Å². The van der Waals surface area contributed by atoms with Gasteiger partial charge in [0.2, 0.25) is 0 Å². The van der Waals surface area contributed by atoms with Gasteiger partial charge in [-0.25, -0.2) is 0 Å². The van der Waals surface area contributed by atoms with Gasteiger partial charge in [-0.2, -0.15) is 0 Å². The summed E-state index contributed by atoms with van der Waals surface area (Å²) in [6.45, 7) is 0.839. The lowest BCUT2D eigenvalue weighted by Crippen LogP contribution is -1.87. The number of aryl methyl sites for hydroxylation is 1. The van der Waals surface area contributed by atoms with Gasteiger partial charge >= 0.3 is 0 Å². The molecule has 66 valence electrons. The first kappa shape index (κ1) is 7.01. The molecule has 0 aliphatic carbocycles. The SMILES string of the molecule is Cn1ccc2cc3c(cc21)OCC3. The van der Waals surface area contributed by atoms with E-state index in [-0.39, 0.29) is 0 Å². The van der Waals surface area contributed by atoms with Gasteiger partial charge < -0.3 is 9.30 Å². The first-order chi connectivity index (χ1) is 6.34. The molecule has 2 heteroatoms. The van der Waals surface area contributed by atoms with E-state index < -0.39 is 0 Å². The van der Waals surface area contributed by atoms with Crippen molar-refractivity contribution >= 4 is 10.9 Å². The van der Waals surface area contributed by atoms with E-state index in [1.807, 2.05) is 0 Å². The molecule has 2 aromatic rings. The maximum Gasteiger partial charge on any atom is 0.124 e. The van der Waals surface area contributed by atoms with Crippen LogP contribution in [0, 0.1) is 0 Å². The molecule has 0 saturated carbocycles. The molecule has 0 saturated heterocycles. The van der Waals surface area contributed by atoms with Crippen molar-refractivity contribution in [2.24, 2.45) is 7.05 Å². The third-order valence-corrected chi connectivity index (χ3v) is 2.70. The molecule has 0 unspecified atom stereocenters. The third kappa shape index (κ3) is 0.886. The summed E-state index contributed by atoms with van der Waals surface area (Å²) in [5.41, 5.74) is 2.60. The Morgan fingerprint density at radius 3 is 3.23 bits per heavy atom. The number of aromatic nitrogens is 1. The minimum atomic E-state index is 0.839. The van der Waals surface area contributed by atoms with E-state index in [0.717, 1.165) is 18.8 Å². The standard InChI is InChI=1S/C11H11NO/c1-12-4-2-8-6-9-3-5-13-11(9)7-10(8)12/h2,4,6-7H,3,5H2,1H3. The predicted octanol–water partition coefficient (Wildman–Crippen LogP) is 2.11. The second-order valence-electron chi connectivity index (χ2n) is 3.54. The quantitative estimate of drug-likeness (QED) is 0.595. The smallest absolute Gasteiger partial charge is 0.124 e. The molecule has 0 bridgehead atoms. The highest BCUT2D eigenvalue weighted by Gasteiger charge is 2.13. The molecule has 0 N–H and O–H groups in total. The van der Waals surface area contributed by atoms with Crippen LogP contribution in [-0.4, -0.2) is 11.2 Å². The van der Waals surface area contributed by atoms with Crippen molar-refractivity contribution in [2.75, 3.05) is 6.61 Å². The van der Waals surface area contributed by atoms with Crippen molar-refractivity contribution < 1.29 is 4.74 Å². The highest BCUT2D eigenvalue weighted by molar-refractivity contribution is 5.83. The Hall–Kier alpha value is -1.44. The first-order valence-corrected chi connectivity index (χ1v) is 4.55. The lowest BCUT2D eigenvalue weighted by Gasteiger charge is -2.00. The van der Waals surface area contributed by atoms with E-state index >= 15 is 0 Å². The van der Waals surface area contributed by atoms with E-state index in [0.29, 0.717) is 0 Å². The highest BCUT2D eigenvalue weighted by Crippen LogP contribution is 2.30. The van der Waals surface area contributed by atoms with Crippen LogP contribution in [0.25, 0.3) is 10.9 Å². The zero-order valence-electron chi connectivity index (χ0n) is 7.58. The lowest BCUT2D eigenvalue weighted by molar-refractivity contribution is 0.357. The maximum absolute atomic E-state index is 5.52. The summed E-state index contributed by atoms with van der Waals surface area (Å²) in [6.07, 6.45) is 3.14. The molecule has 0 amide bonds. The number of hydrogen-bond acceptors (Lipinski definition) is 1. The van der Waals surface area contributed by atoms with Crippen LogP contribution >= 0.6 is 0 Å². The van der Waals surface area contributed by atoms with Crippen molar-refractivity contribution in [3.63, 3.8) is 0 Å². The fourth-order valence-corrected chi connectivity index (χ4v) is 1.95. The lowest BCUT2D eigenvalue weighted by atomic mass is 10.1. The van der Waals surface area contributed by atoms with Crippen LogP contribution in [0.5, 0.6) is 5.75 Å². The number of nitrogens with zero attached hydrogens (tertiary/aromatic N) is 1. The summed E-state index contributed by atoms with van der Waals surface area (Å²) in [7, 11) is 2.06. The Morgan fingerprint density at radius 2 is 2.31 bits per heavy atom. The van der Waals surface area contributed by atoms with Crippen molar-refractivity contribution in [3.8, 4) is 5.75 Å². The van der Waals surface area contributed by atoms with E-state index in [9.17, 15) is 0 Å². The highest BCUT2D eigenvalue weighted by atomic mass is 16.5. The molecule has 1 aliphatic heterocycles. The summed E-state index contributed by atoms with van der Waals surface area (Å²) in [5.74, 6) is 1.06. The third-order valence-electron chi connectivity index (χ3n) is 2.70. The summed E-state index contributed by atoms with van der Waals surface area (Å²) in [5, 5.41) is 1.31. The van der Waals surface area contributed by atoms with Crippen molar-refractivity contribution in [1.82, 2.24) is 4.57 Å². The summed E-state index contributed by atoms with van der Waals surface area (Å²) in [6, 6.07) is 6.52. The average Bonchev–Trinajstić information content (AvgIpc) is 2.70. The molecule has 0 atom stereocenters. The van der Waals surface area contributed by atoms with E-state index in [1.54, 1.807) is 0 Å². The molecule has 1 aromatic carbocycles. The first-order valence-electron chi connectivity index (χ1n) is 4.55. The van der Waals surface area contributed by atoms with Gasteiger partial charge in [0.1, 0.15) is 5.75 Å². The molecular weight excluding hydrogens is 162 g/mol. The van der Waals surface area contributed by atoms with Crippen LogP contribution in [0.15, 0.2) is 24.4 Å². The normalized spacial score (nSPS) is 14.5. The van der Waals surface area contributed by atoms with Gasteiger partial charge in [0.25, 0.3) is 0 Å². The largest absolute Gasteiger partial charge is 0.493 e. The fourth-order valence-electron chi connectivity index (χ4n) is 1.95. The van der Waals surface area contributed by atoms with E-state index in [4.69, 9.17) is 4.74 Å². The molecule has 1 aromatic heterocycles. The number of ether oxygens (including phenoxy) is 1. The molecule has 0 spiro atoms. The number of fused-ring (bicyclic) bond motifs is 2. The second-order valence-corrected chi connectivity index (χ2v) is 3.54. The van der Waals surface area contributed by atoms with Gasteiger partial charge in [-0.05, 0) is 17.7 Å². The Kier molecular flexibility index (Phi) is 1.23. The monoisotopic (exact) mass is 173 g/mol. The van der Waals surface area contributed by atoms with Gasteiger partial charge in [0.15, 0.2) is 0 Å². The van der Waals surface area contributed by atoms with Crippen LogP contribution in [-0.2, 0) is 13.5 Å². The molecular formula is C11H11NO. The Bertz CT molecular complexity index is 470. The van der Waals surface area contributed by atoms with Crippen molar-refractivity contribution in [2.45, 2.75) is 6.42 Å². The molecule has 3 rings (SSSR count). The Balaban J connectivity index is 2.38. The van der Waals surface area contributed by atoms with Crippen LogP contribution < -0.4 is 4.74 Å². The molecule has 0 radical (unpaired) electrons. The van der Waals surface area contributed by atoms with Crippen molar-refractivity contribution in [1.29, 1.82) is 0 Å². The topological polar surface area (TPSA) is 14.2 Å². The van der Waals surface area contributed by atoms with Crippen LogP contribution in [0.2, 0.25) is 0 Å². The minimum Gasteiger partial charge on any atom is -0.493 e. The Labute approximate surface area is 76.7 Å². The molecule has 0 fully saturated rings. The summed E-state index contributed by atoms with van der Waals surface area (Å²) < 4.78 is 7.64. The zero-order valence-corrected chi connectivity index (χ0v) is 7.58. The van der Waals surface area contributed by atoms with Gasteiger partial charge in [0.05, 0.1) is 12.1 Å². The number of hydrogen-bond donors (Lipinski definition) is 0. The number of benzene rings is 1. The summed E-state index contributed by atoms with van der Waals surface area (Å²) >= 11 is 0. The Morgan fingerprint density at radius 1 is 1.38 bits per heavy atom. The molecule has 2 nitrogen and oxygen atoms in total. The van der Waals surface area contributed by atoms with Crippen LogP contribution in [0.4, 0.5) is 0 Å². The van der Waals surface area contributed by atoms with E-state index in [2.05, 4.69) is 36.0 Å². The van der Waals surface area contributed by atoms with Crippen LogP contribution in [0.1, 0.15) is 5.56 Å². The van der Waals surface area contributed by atoms with Gasteiger partial charge in [-0.1, -0.05) is 0 Å².